The van der Waals surface area contributed by atoms with E-state index >= 15 is 0 Å². The predicted molar refractivity (Wildman–Crippen MR) is 56.9 cm³/mol. The van der Waals surface area contributed by atoms with Crippen LogP contribution in [0.15, 0.2) is 0 Å². The highest BCUT2D eigenvalue weighted by Gasteiger charge is 2.13. The number of carbonyl (C=O) groups excluding carboxylic acids is 2. The van der Waals surface area contributed by atoms with E-state index in [2.05, 4.69) is 5.32 Å². The average Bonchev–Trinajstić information content (AvgIpc) is 2.00. The molecule has 0 aliphatic carbocycles. The molecule has 3 heteroatoms. The molecule has 0 heterocycles. The van der Waals surface area contributed by atoms with Crippen LogP contribution in [0.4, 0.5) is 0 Å². The van der Waals surface area contributed by atoms with Crippen molar-refractivity contribution in [2.24, 2.45) is 11.8 Å². The zero-order valence-corrected chi connectivity index (χ0v) is 9.54. The van der Waals surface area contributed by atoms with Crippen LogP contribution in [0.3, 0.4) is 0 Å². The summed E-state index contributed by atoms with van der Waals surface area (Å²) < 4.78 is 0. The van der Waals surface area contributed by atoms with Crippen molar-refractivity contribution in [3.63, 3.8) is 0 Å². The maximum Gasteiger partial charge on any atom is 0.220 e. The van der Waals surface area contributed by atoms with Gasteiger partial charge < -0.3 is 10.1 Å². The molecule has 0 unspecified atom stereocenters. The lowest BCUT2D eigenvalue weighted by atomic mass is 10.0. The normalized spacial score (nSPS) is 13.0. The first-order valence-electron chi connectivity index (χ1n) is 5.20. The SMILES string of the molecule is CC(C)CC(=O)N[C@H](C=O)CC(C)C. The summed E-state index contributed by atoms with van der Waals surface area (Å²) in [5, 5.41) is 2.72. The number of aldehydes is 1. The second kappa shape index (κ2) is 6.57. The fraction of sp³-hybridized carbons (Fsp3) is 0.818. The molecule has 1 N–H and O–H groups in total. The summed E-state index contributed by atoms with van der Waals surface area (Å²) in [4.78, 5) is 22.0. The largest absolute Gasteiger partial charge is 0.347 e. The van der Waals surface area contributed by atoms with E-state index in [-0.39, 0.29) is 11.9 Å². The lowest BCUT2D eigenvalue weighted by Gasteiger charge is -2.15. The van der Waals surface area contributed by atoms with E-state index in [1.54, 1.807) is 0 Å². The van der Waals surface area contributed by atoms with Crippen molar-refractivity contribution in [3.8, 4) is 0 Å². The van der Waals surface area contributed by atoms with Crippen LogP contribution in [0.25, 0.3) is 0 Å². The van der Waals surface area contributed by atoms with Gasteiger partial charge in [-0.1, -0.05) is 27.7 Å². The minimum atomic E-state index is -0.318. The molecule has 0 rings (SSSR count). The fourth-order valence-electron chi connectivity index (χ4n) is 1.29. The molecule has 0 radical (unpaired) electrons. The van der Waals surface area contributed by atoms with Crippen molar-refractivity contribution in [1.29, 1.82) is 0 Å². The van der Waals surface area contributed by atoms with Gasteiger partial charge in [0.15, 0.2) is 0 Å². The smallest absolute Gasteiger partial charge is 0.220 e. The number of rotatable bonds is 6. The third-order valence-electron chi connectivity index (χ3n) is 1.83. The molecule has 82 valence electrons. The van der Waals surface area contributed by atoms with Crippen LogP contribution in [0.1, 0.15) is 40.5 Å². The quantitative estimate of drug-likeness (QED) is 0.663. The third-order valence-corrected chi connectivity index (χ3v) is 1.83. The minimum absolute atomic E-state index is 0.0299. The Hall–Kier alpha value is -0.860. The van der Waals surface area contributed by atoms with Gasteiger partial charge in [0.2, 0.25) is 5.91 Å². The molecule has 0 spiro atoms. The highest BCUT2D eigenvalue weighted by atomic mass is 16.2. The Labute approximate surface area is 86.3 Å². The molecule has 0 bridgehead atoms. The highest BCUT2D eigenvalue weighted by molar-refractivity contribution is 5.79. The van der Waals surface area contributed by atoms with Gasteiger partial charge in [-0.2, -0.15) is 0 Å². The van der Waals surface area contributed by atoms with Crippen molar-refractivity contribution in [2.45, 2.75) is 46.6 Å². The summed E-state index contributed by atoms with van der Waals surface area (Å²) in [5.41, 5.74) is 0. The van der Waals surface area contributed by atoms with E-state index in [9.17, 15) is 9.59 Å². The molecule has 0 fully saturated rings. The number of amides is 1. The number of hydrogen-bond acceptors (Lipinski definition) is 2. The molecule has 0 aromatic carbocycles. The maximum atomic E-state index is 11.3. The number of nitrogens with one attached hydrogen (secondary N) is 1. The van der Waals surface area contributed by atoms with Gasteiger partial charge in [-0.15, -0.1) is 0 Å². The Kier molecular flexibility index (Phi) is 6.17. The van der Waals surface area contributed by atoms with E-state index in [4.69, 9.17) is 0 Å². The van der Waals surface area contributed by atoms with E-state index in [1.165, 1.54) is 0 Å². The molecule has 0 aromatic heterocycles. The molecule has 1 amide bonds. The van der Waals surface area contributed by atoms with Crippen LogP contribution >= 0.6 is 0 Å². The van der Waals surface area contributed by atoms with Gasteiger partial charge in [-0.05, 0) is 18.3 Å². The fourth-order valence-corrected chi connectivity index (χ4v) is 1.29. The van der Waals surface area contributed by atoms with Gasteiger partial charge in [0.05, 0.1) is 6.04 Å². The van der Waals surface area contributed by atoms with E-state index < -0.39 is 0 Å². The lowest BCUT2D eigenvalue weighted by molar-refractivity contribution is -0.124. The standard InChI is InChI=1S/C11H21NO2/c1-8(2)5-10(7-13)12-11(14)6-9(3)4/h7-10H,5-6H2,1-4H3,(H,12,14)/t10-/m0/s1. The van der Waals surface area contributed by atoms with Gasteiger partial charge in [0, 0.05) is 6.42 Å². The van der Waals surface area contributed by atoms with Crippen LogP contribution in [0.5, 0.6) is 0 Å². The van der Waals surface area contributed by atoms with Crippen LogP contribution in [0, 0.1) is 11.8 Å². The second-order valence-corrected chi connectivity index (χ2v) is 4.54. The molecule has 0 saturated carbocycles. The molecule has 0 aromatic rings. The molecular weight excluding hydrogens is 178 g/mol. The van der Waals surface area contributed by atoms with Crippen molar-refractivity contribution < 1.29 is 9.59 Å². The summed E-state index contributed by atoms with van der Waals surface area (Å²) in [6.45, 7) is 8.03. The maximum absolute atomic E-state index is 11.3. The zero-order valence-electron chi connectivity index (χ0n) is 9.54. The topological polar surface area (TPSA) is 46.2 Å². The zero-order chi connectivity index (χ0) is 11.1. The molecule has 0 saturated heterocycles. The van der Waals surface area contributed by atoms with Crippen molar-refractivity contribution in [1.82, 2.24) is 5.32 Å². The van der Waals surface area contributed by atoms with Crippen LogP contribution in [-0.4, -0.2) is 18.2 Å². The lowest BCUT2D eigenvalue weighted by Crippen LogP contribution is -2.37. The summed E-state index contributed by atoms with van der Waals surface area (Å²) in [6.07, 6.45) is 2.02. The van der Waals surface area contributed by atoms with E-state index in [0.717, 1.165) is 6.29 Å². The number of carbonyl (C=O) groups is 2. The molecule has 1 atom stereocenters. The highest BCUT2D eigenvalue weighted by Crippen LogP contribution is 2.04. The molecule has 0 aliphatic heterocycles. The first kappa shape index (κ1) is 13.1. The molecule has 0 aliphatic rings. The number of hydrogen-bond donors (Lipinski definition) is 1. The average molecular weight is 199 g/mol. The first-order chi connectivity index (χ1) is 6.45. The third kappa shape index (κ3) is 6.63. The van der Waals surface area contributed by atoms with E-state index in [0.29, 0.717) is 24.7 Å². The Morgan fingerprint density at radius 2 is 1.79 bits per heavy atom. The Bertz CT molecular complexity index is 188. The summed E-state index contributed by atoms with van der Waals surface area (Å²) >= 11 is 0. The van der Waals surface area contributed by atoms with Gasteiger partial charge in [0.25, 0.3) is 0 Å². The van der Waals surface area contributed by atoms with Gasteiger partial charge in [-0.3, -0.25) is 4.79 Å². The van der Waals surface area contributed by atoms with Crippen molar-refractivity contribution >= 4 is 12.2 Å². The summed E-state index contributed by atoms with van der Waals surface area (Å²) in [7, 11) is 0. The summed E-state index contributed by atoms with van der Waals surface area (Å²) in [5.74, 6) is 0.726. The Morgan fingerprint density at radius 3 is 2.14 bits per heavy atom. The van der Waals surface area contributed by atoms with Crippen LogP contribution < -0.4 is 5.32 Å². The minimum Gasteiger partial charge on any atom is -0.347 e. The van der Waals surface area contributed by atoms with Gasteiger partial charge in [0.1, 0.15) is 6.29 Å². The molecular formula is C11H21NO2. The Morgan fingerprint density at radius 1 is 1.21 bits per heavy atom. The monoisotopic (exact) mass is 199 g/mol. The van der Waals surface area contributed by atoms with Gasteiger partial charge >= 0.3 is 0 Å². The predicted octanol–water partition coefficient (Wildman–Crippen LogP) is 1.76. The first-order valence-corrected chi connectivity index (χ1v) is 5.20. The van der Waals surface area contributed by atoms with Gasteiger partial charge in [-0.25, -0.2) is 0 Å². The van der Waals surface area contributed by atoms with Crippen molar-refractivity contribution in [2.75, 3.05) is 0 Å². The van der Waals surface area contributed by atoms with E-state index in [1.807, 2.05) is 27.7 Å². The second-order valence-electron chi connectivity index (χ2n) is 4.54. The Balaban J connectivity index is 3.92. The van der Waals surface area contributed by atoms with Crippen LogP contribution in [0.2, 0.25) is 0 Å². The van der Waals surface area contributed by atoms with Crippen LogP contribution in [-0.2, 0) is 9.59 Å². The molecule has 14 heavy (non-hydrogen) atoms. The summed E-state index contributed by atoms with van der Waals surface area (Å²) in [6, 6.07) is -0.318. The molecule has 3 nitrogen and oxygen atoms in total. The van der Waals surface area contributed by atoms with Crippen molar-refractivity contribution in [3.05, 3.63) is 0 Å².